The van der Waals surface area contributed by atoms with E-state index in [4.69, 9.17) is 4.74 Å². The molecule has 3 aliphatic heterocycles. The molecular formula is C18H21N3O5. The van der Waals surface area contributed by atoms with E-state index in [0.29, 0.717) is 43.8 Å². The Labute approximate surface area is 150 Å². The number of imide groups is 1. The van der Waals surface area contributed by atoms with Crippen LogP contribution in [-0.2, 0) is 16.1 Å². The zero-order valence-corrected chi connectivity index (χ0v) is 14.2. The number of β-amino-alcohol motifs (C(OH)–C–C–N with tert-alkyl or cyclic N) is 1. The molecule has 1 aromatic rings. The van der Waals surface area contributed by atoms with Crippen LogP contribution in [0.2, 0.25) is 0 Å². The van der Waals surface area contributed by atoms with Gasteiger partial charge in [-0.2, -0.15) is 0 Å². The van der Waals surface area contributed by atoms with Gasteiger partial charge in [-0.15, -0.1) is 0 Å². The van der Waals surface area contributed by atoms with E-state index in [1.807, 2.05) is 6.07 Å². The van der Waals surface area contributed by atoms with Crippen molar-refractivity contribution < 1.29 is 24.2 Å². The van der Waals surface area contributed by atoms with E-state index in [9.17, 15) is 19.5 Å². The number of benzene rings is 1. The summed E-state index contributed by atoms with van der Waals surface area (Å²) in [6, 6.07) is 4.66. The number of piperidine rings is 2. The number of carbonyl (C=O) groups excluding carboxylic acids is 3. The summed E-state index contributed by atoms with van der Waals surface area (Å²) in [7, 11) is 0. The van der Waals surface area contributed by atoms with Crippen molar-refractivity contribution >= 4 is 17.7 Å². The van der Waals surface area contributed by atoms with E-state index < -0.39 is 18.1 Å². The van der Waals surface area contributed by atoms with Gasteiger partial charge in [0.05, 0.1) is 6.10 Å². The molecule has 26 heavy (non-hydrogen) atoms. The third-order valence-electron chi connectivity index (χ3n) is 5.08. The number of hydrogen-bond acceptors (Lipinski definition) is 6. The zero-order valence-electron chi connectivity index (χ0n) is 14.2. The lowest BCUT2D eigenvalue weighted by molar-refractivity contribution is -0.136. The Morgan fingerprint density at radius 3 is 2.81 bits per heavy atom. The van der Waals surface area contributed by atoms with Crippen LogP contribution in [0.3, 0.4) is 0 Å². The van der Waals surface area contributed by atoms with Gasteiger partial charge in [0, 0.05) is 38.0 Å². The lowest BCUT2D eigenvalue weighted by Crippen LogP contribution is -2.52. The molecule has 3 aliphatic rings. The molecule has 3 atom stereocenters. The van der Waals surface area contributed by atoms with E-state index in [1.54, 1.807) is 12.1 Å². The molecule has 1 aromatic carbocycles. The van der Waals surface area contributed by atoms with Crippen molar-refractivity contribution in [2.24, 2.45) is 0 Å². The Balaban J connectivity index is 1.48. The normalized spacial score (nSPS) is 28.7. The molecule has 3 heterocycles. The zero-order chi connectivity index (χ0) is 18.3. The summed E-state index contributed by atoms with van der Waals surface area (Å²) in [4.78, 5) is 37.5. The van der Waals surface area contributed by atoms with E-state index in [2.05, 4.69) is 10.6 Å². The standard InChI is InChI=1S/C18H21N3O5/c22-11-6-13(8-19-7-11)26-12-1-2-14-10(5-12)9-21(18(14)25)15-3-4-16(23)20-17(15)24/h1-2,5,11,13,15,19,22H,3-4,6-9H2,(H,20,23,24)/t11-,13+,15?/m0/s1. The Morgan fingerprint density at radius 1 is 1.19 bits per heavy atom. The molecule has 0 aromatic heterocycles. The molecule has 0 aliphatic carbocycles. The third kappa shape index (κ3) is 3.17. The predicted octanol–water partition coefficient (Wildman–Crippen LogP) is -0.451. The highest BCUT2D eigenvalue weighted by Gasteiger charge is 2.39. The average molecular weight is 359 g/mol. The molecule has 138 valence electrons. The highest BCUT2D eigenvalue weighted by molar-refractivity contribution is 6.05. The fraction of sp³-hybridized carbons (Fsp3) is 0.500. The SMILES string of the molecule is O=C1CCC(N2Cc3cc(O[C@H]4CNC[C@@H](O)C4)ccc3C2=O)C(=O)N1. The van der Waals surface area contributed by atoms with Gasteiger partial charge in [-0.05, 0) is 30.2 Å². The van der Waals surface area contributed by atoms with Crippen molar-refractivity contribution in [3.05, 3.63) is 29.3 Å². The minimum atomic E-state index is -0.616. The molecular weight excluding hydrogens is 338 g/mol. The number of rotatable bonds is 3. The van der Waals surface area contributed by atoms with Gasteiger partial charge in [-0.25, -0.2) is 0 Å². The number of fused-ring (bicyclic) bond motifs is 1. The summed E-state index contributed by atoms with van der Waals surface area (Å²) < 4.78 is 5.93. The second kappa shape index (κ2) is 6.69. The number of aliphatic hydroxyl groups excluding tert-OH is 1. The fourth-order valence-electron chi connectivity index (χ4n) is 3.79. The summed E-state index contributed by atoms with van der Waals surface area (Å²) >= 11 is 0. The van der Waals surface area contributed by atoms with Gasteiger partial charge in [-0.1, -0.05) is 0 Å². The molecule has 3 N–H and O–H groups in total. The first-order valence-electron chi connectivity index (χ1n) is 8.84. The van der Waals surface area contributed by atoms with Crippen molar-refractivity contribution in [2.75, 3.05) is 13.1 Å². The Hall–Kier alpha value is -2.45. The summed E-state index contributed by atoms with van der Waals surface area (Å²) in [5, 5.41) is 15.1. The highest BCUT2D eigenvalue weighted by Crippen LogP contribution is 2.30. The van der Waals surface area contributed by atoms with Gasteiger partial charge < -0.3 is 20.1 Å². The quantitative estimate of drug-likeness (QED) is 0.631. The maximum absolute atomic E-state index is 12.6. The van der Waals surface area contributed by atoms with E-state index in [-0.39, 0.29) is 24.3 Å². The third-order valence-corrected chi connectivity index (χ3v) is 5.08. The molecule has 3 amide bonds. The second-order valence-corrected chi connectivity index (χ2v) is 7.01. The monoisotopic (exact) mass is 359 g/mol. The van der Waals surface area contributed by atoms with Crippen LogP contribution in [0.15, 0.2) is 18.2 Å². The number of amides is 3. The topological polar surface area (TPSA) is 108 Å². The van der Waals surface area contributed by atoms with E-state index in [0.717, 1.165) is 5.56 Å². The van der Waals surface area contributed by atoms with Crippen molar-refractivity contribution in [2.45, 2.75) is 44.1 Å². The minimum absolute atomic E-state index is 0.125. The molecule has 0 spiro atoms. The molecule has 1 unspecified atom stereocenters. The molecule has 2 fully saturated rings. The minimum Gasteiger partial charge on any atom is -0.489 e. The van der Waals surface area contributed by atoms with Crippen LogP contribution in [0.1, 0.15) is 35.2 Å². The van der Waals surface area contributed by atoms with Crippen LogP contribution in [0.5, 0.6) is 5.75 Å². The van der Waals surface area contributed by atoms with Gasteiger partial charge in [0.1, 0.15) is 17.9 Å². The van der Waals surface area contributed by atoms with Crippen LogP contribution >= 0.6 is 0 Å². The first kappa shape index (κ1) is 17.0. The van der Waals surface area contributed by atoms with Gasteiger partial charge in [-0.3, -0.25) is 19.7 Å². The van der Waals surface area contributed by atoms with Gasteiger partial charge in [0.2, 0.25) is 11.8 Å². The van der Waals surface area contributed by atoms with Crippen LogP contribution in [0.4, 0.5) is 0 Å². The van der Waals surface area contributed by atoms with Crippen molar-refractivity contribution in [3.8, 4) is 5.75 Å². The maximum atomic E-state index is 12.6. The van der Waals surface area contributed by atoms with E-state index in [1.165, 1.54) is 4.90 Å². The van der Waals surface area contributed by atoms with Gasteiger partial charge in [0.25, 0.3) is 5.91 Å². The molecule has 2 saturated heterocycles. The first-order chi connectivity index (χ1) is 12.5. The van der Waals surface area contributed by atoms with Crippen LogP contribution in [-0.4, -0.2) is 59.1 Å². The fourth-order valence-corrected chi connectivity index (χ4v) is 3.79. The van der Waals surface area contributed by atoms with Gasteiger partial charge in [0.15, 0.2) is 0 Å². The number of ether oxygens (including phenoxy) is 1. The molecule has 8 heteroatoms. The summed E-state index contributed by atoms with van der Waals surface area (Å²) in [5.41, 5.74) is 1.37. The highest BCUT2D eigenvalue weighted by atomic mass is 16.5. The Morgan fingerprint density at radius 2 is 2.04 bits per heavy atom. The molecule has 0 bridgehead atoms. The number of carbonyl (C=O) groups is 3. The number of aliphatic hydroxyl groups is 1. The molecule has 0 saturated carbocycles. The van der Waals surface area contributed by atoms with Crippen molar-refractivity contribution in [3.63, 3.8) is 0 Å². The molecule has 0 radical (unpaired) electrons. The summed E-state index contributed by atoms with van der Waals surface area (Å²) in [6.45, 7) is 1.55. The Kier molecular flexibility index (Phi) is 4.37. The molecule has 4 rings (SSSR count). The summed E-state index contributed by atoms with van der Waals surface area (Å²) in [5.74, 6) is -0.270. The van der Waals surface area contributed by atoms with Crippen LogP contribution < -0.4 is 15.4 Å². The average Bonchev–Trinajstić information content (AvgIpc) is 2.91. The molecule has 8 nitrogen and oxygen atoms in total. The van der Waals surface area contributed by atoms with Gasteiger partial charge >= 0.3 is 0 Å². The Bertz CT molecular complexity index is 765. The van der Waals surface area contributed by atoms with E-state index >= 15 is 0 Å². The van der Waals surface area contributed by atoms with Crippen molar-refractivity contribution in [1.82, 2.24) is 15.5 Å². The largest absolute Gasteiger partial charge is 0.489 e. The second-order valence-electron chi connectivity index (χ2n) is 7.01. The predicted molar refractivity (Wildman–Crippen MR) is 90.4 cm³/mol. The summed E-state index contributed by atoms with van der Waals surface area (Å²) in [6.07, 6.45) is 0.597. The first-order valence-corrected chi connectivity index (χ1v) is 8.84. The van der Waals surface area contributed by atoms with Crippen LogP contribution in [0, 0.1) is 0 Å². The van der Waals surface area contributed by atoms with Crippen LogP contribution in [0.25, 0.3) is 0 Å². The van der Waals surface area contributed by atoms with Crippen molar-refractivity contribution in [1.29, 1.82) is 0 Å². The maximum Gasteiger partial charge on any atom is 0.255 e. The number of hydrogen-bond donors (Lipinski definition) is 3. The smallest absolute Gasteiger partial charge is 0.255 e. The number of nitrogens with zero attached hydrogens (tertiary/aromatic N) is 1. The number of nitrogens with one attached hydrogen (secondary N) is 2. The lowest BCUT2D eigenvalue weighted by atomic mass is 10.0. The lowest BCUT2D eigenvalue weighted by Gasteiger charge is -2.29.